The van der Waals surface area contributed by atoms with Crippen LogP contribution in [0, 0.1) is 0 Å². The van der Waals surface area contributed by atoms with E-state index in [9.17, 15) is 4.79 Å². The summed E-state index contributed by atoms with van der Waals surface area (Å²) in [7, 11) is 0. The van der Waals surface area contributed by atoms with E-state index in [-0.39, 0.29) is 19.1 Å². The summed E-state index contributed by atoms with van der Waals surface area (Å²) >= 11 is 1.67. The van der Waals surface area contributed by atoms with Crippen molar-refractivity contribution < 1.29 is 19.4 Å². The van der Waals surface area contributed by atoms with Gasteiger partial charge in [-0.05, 0) is 12.1 Å². The molecular formula is C16H23NO4S. The van der Waals surface area contributed by atoms with E-state index >= 15 is 0 Å². The second-order valence-electron chi connectivity index (χ2n) is 5.25. The van der Waals surface area contributed by atoms with E-state index in [4.69, 9.17) is 14.6 Å². The van der Waals surface area contributed by atoms with Crippen LogP contribution in [-0.2, 0) is 14.3 Å². The Bertz CT molecular complexity index is 449. The number of nitrogens with one attached hydrogen (secondary N) is 1. The number of rotatable bonds is 9. The van der Waals surface area contributed by atoms with Crippen molar-refractivity contribution >= 4 is 17.7 Å². The molecule has 122 valence electrons. The Labute approximate surface area is 135 Å². The van der Waals surface area contributed by atoms with E-state index in [1.165, 1.54) is 4.90 Å². The molecule has 2 N–H and O–H groups in total. The van der Waals surface area contributed by atoms with Gasteiger partial charge in [0.15, 0.2) is 0 Å². The Morgan fingerprint density at radius 1 is 1.41 bits per heavy atom. The monoisotopic (exact) mass is 325 g/mol. The van der Waals surface area contributed by atoms with Crippen LogP contribution in [0.25, 0.3) is 0 Å². The summed E-state index contributed by atoms with van der Waals surface area (Å²) in [6.45, 7) is 1.77. The van der Waals surface area contributed by atoms with Crippen molar-refractivity contribution in [3.8, 4) is 0 Å². The van der Waals surface area contributed by atoms with E-state index in [2.05, 4.69) is 5.32 Å². The van der Waals surface area contributed by atoms with Crippen molar-refractivity contribution in [3.05, 3.63) is 30.3 Å². The molecule has 1 heterocycles. The fourth-order valence-corrected chi connectivity index (χ4v) is 3.15. The topological polar surface area (TPSA) is 67.8 Å². The maximum atomic E-state index is 11.9. The van der Waals surface area contributed by atoms with E-state index in [1.807, 2.05) is 30.3 Å². The fraction of sp³-hybridized carbons (Fsp3) is 0.562. The molecule has 1 aliphatic rings. The van der Waals surface area contributed by atoms with Crippen LogP contribution in [0.15, 0.2) is 35.2 Å². The Kier molecular flexibility index (Phi) is 7.18. The molecule has 0 aliphatic carbocycles. The summed E-state index contributed by atoms with van der Waals surface area (Å²) in [6, 6.07) is 10.0. The number of carbonyl (C=O) groups excluding carboxylic acids is 1. The van der Waals surface area contributed by atoms with Gasteiger partial charge >= 0.3 is 0 Å². The molecule has 1 atom stereocenters. The highest BCUT2D eigenvalue weighted by Gasteiger charge is 2.36. The molecule has 0 bridgehead atoms. The van der Waals surface area contributed by atoms with Gasteiger partial charge in [-0.25, -0.2) is 0 Å². The van der Waals surface area contributed by atoms with E-state index in [0.29, 0.717) is 26.2 Å². The fourth-order valence-electron chi connectivity index (χ4n) is 2.28. The first-order valence-corrected chi connectivity index (χ1v) is 8.50. The first-order chi connectivity index (χ1) is 10.7. The average molecular weight is 325 g/mol. The molecule has 1 aromatic carbocycles. The summed E-state index contributed by atoms with van der Waals surface area (Å²) in [6.07, 6.45) is 1.21. The van der Waals surface area contributed by atoms with E-state index < -0.39 is 5.60 Å². The molecule has 0 spiro atoms. The molecule has 2 rings (SSSR count). The summed E-state index contributed by atoms with van der Waals surface area (Å²) < 4.78 is 11.0. The van der Waals surface area contributed by atoms with Crippen LogP contribution < -0.4 is 5.32 Å². The van der Waals surface area contributed by atoms with Gasteiger partial charge in [-0.15, -0.1) is 11.8 Å². The zero-order chi connectivity index (χ0) is 15.7. The minimum Gasteiger partial charge on any atom is -0.394 e. The summed E-state index contributed by atoms with van der Waals surface area (Å²) in [5.74, 6) is 0.763. The van der Waals surface area contributed by atoms with Gasteiger partial charge < -0.3 is 19.9 Å². The van der Waals surface area contributed by atoms with Gasteiger partial charge in [0.1, 0.15) is 5.60 Å². The molecule has 22 heavy (non-hydrogen) atoms. The Balaban J connectivity index is 1.67. The first kappa shape index (κ1) is 17.3. The summed E-state index contributed by atoms with van der Waals surface area (Å²) in [5, 5.41) is 11.8. The van der Waals surface area contributed by atoms with Gasteiger partial charge in [0.2, 0.25) is 5.91 Å². The Morgan fingerprint density at radius 2 is 2.23 bits per heavy atom. The number of hydrogen-bond acceptors (Lipinski definition) is 5. The SMILES string of the molecule is O=C(CCSc1ccccc1)NCC1(OCCO)CCOC1. The van der Waals surface area contributed by atoms with Crippen molar-refractivity contribution in [2.45, 2.75) is 23.3 Å². The minimum absolute atomic E-state index is 0.0160. The second kappa shape index (κ2) is 9.15. The molecule has 0 saturated carbocycles. The number of carbonyl (C=O) groups is 1. The molecule has 1 fully saturated rings. The van der Waals surface area contributed by atoms with E-state index in [0.717, 1.165) is 12.2 Å². The van der Waals surface area contributed by atoms with Crippen molar-refractivity contribution in [1.82, 2.24) is 5.32 Å². The minimum atomic E-state index is -0.481. The predicted molar refractivity (Wildman–Crippen MR) is 86.0 cm³/mol. The molecule has 1 amide bonds. The van der Waals surface area contributed by atoms with Gasteiger partial charge in [0, 0.05) is 36.6 Å². The van der Waals surface area contributed by atoms with Crippen molar-refractivity contribution in [3.63, 3.8) is 0 Å². The highest BCUT2D eigenvalue weighted by Crippen LogP contribution is 2.22. The molecule has 1 aliphatic heterocycles. The molecule has 1 saturated heterocycles. The zero-order valence-corrected chi connectivity index (χ0v) is 13.4. The third-order valence-corrected chi connectivity index (χ3v) is 4.53. The third kappa shape index (κ3) is 5.61. The van der Waals surface area contributed by atoms with Crippen LogP contribution in [0.3, 0.4) is 0 Å². The molecule has 6 heteroatoms. The third-order valence-electron chi connectivity index (χ3n) is 3.52. The number of ether oxygens (including phenoxy) is 2. The zero-order valence-electron chi connectivity index (χ0n) is 12.6. The maximum absolute atomic E-state index is 11.9. The van der Waals surface area contributed by atoms with Gasteiger partial charge in [-0.3, -0.25) is 4.79 Å². The highest BCUT2D eigenvalue weighted by atomic mass is 32.2. The highest BCUT2D eigenvalue weighted by molar-refractivity contribution is 7.99. The lowest BCUT2D eigenvalue weighted by Gasteiger charge is -2.27. The Morgan fingerprint density at radius 3 is 2.91 bits per heavy atom. The van der Waals surface area contributed by atoms with Crippen LogP contribution >= 0.6 is 11.8 Å². The second-order valence-corrected chi connectivity index (χ2v) is 6.41. The van der Waals surface area contributed by atoms with Gasteiger partial charge in [-0.2, -0.15) is 0 Å². The Hall–Kier alpha value is -1.08. The number of thioether (sulfide) groups is 1. The maximum Gasteiger partial charge on any atom is 0.220 e. The van der Waals surface area contributed by atoms with Crippen LogP contribution in [0.5, 0.6) is 0 Å². The standard InChI is InChI=1S/C16H23NO4S/c18-8-10-21-16(7-9-20-13-16)12-17-15(19)6-11-22-14-4-2-1-3-5-14/h1-5,18H,6-13H2,(H,17,19). The lowest BCUT2D eigenvalue weighted by molar-refractivity contribution is -0.123. The molecular weight excluding hydrogens is 302 g/mol. The number of benzene rings is 1. The smallest absolute Gasteiger partial charge is 0.220 e. The van der Waals surface area contributed by atoms with Crippen molar-refractivity contribution in [1.29, 1.82) is 0 Å². The molecule has 1 aromatic rings. The molecule has 0 radical (unpaired) electrons. The normalized spacial score (nSPS) is 21.0. The quantitative estimate of drug-likeness (QED) is 0.673. The average Bonchev–Trinajstić information content (AvgIpc) is 3.01. The summed E-state index contributed by atoms with van der Waals surface area (Å²) in [4.78, 5) is 13.1. The predicted octanol–water partition coefficient (Wildman–Crippen LogP) is 1.45. The van der Waals surface area contributed by atoms with Gasteiger partial charge in [0.25, 0.3) is 0 Å². The lowest BCUT2D eigenvalue weighted by Crippen LogP contribution is -2.46. The van der Waals surface area contributed by atoms with Crippen molar-refractivity contribution in [2.75, 3.05) is 38.7 Å². The largest absolute Gasteiger partial charge is 0.394 e. The van der Waals surface area contributed by atoms with Crippen LogP contribution in [0.2, 0.25) is 0 Å². The van der Waals surface area contributed by atoms with Crippen molar-refractivity contribution in [2.24, 2.45) is 0 Å². The number of amides is 1. The lowest BCUT2D eigenvalue weighted by atomic mass is 10.0. The number of aliphatic hydroxyl groups excluding tert-OH is 1. The van der Waals surface area contributed by atoms with Gasteiger partial charge in [0.05, 0.1) is 19.8 Å². The van der Waals surface area contributed by atoms with Crippen LogP contribution in [0.1, 0.15) is 12.8 Å². The van der Waals surface area contributed by atoms with E-state index in [1.54, 1.807) is 11.8 Å². The molecule has 5 nitrogen and oxygen atoms in total. The van der Waals surface area contributed by atoms with Crippen LogP contribution in [0.4, 0.5) is 0 Å². The van der Waals surface area contributed by atoms with Gasteiger partial charge in [-0.1, -0.05) is 18.2 Å². The first-order valence-electron chi connectivity index (χ1n) is 7.51. The molecule has 0 aromatic heterocycles. The number of aliphatic hydroxyl groups is 1. The van der Waals surface area contributed by atoms with Crippen LogP contribution in [-0.4, -0.2) is 55.3 Å². The molecule has 1 unspecified atom stereocenters. The summed E-state index contributed by atoms with van der Waals surface area (Å²) in [5.41, 5.74) is -0.481. The number of hydrogen-bond donors (Lipinski definition) is 2.